The summed E-state index contributed by atoms with van der Waals surface area (Å²) in [4.78, 5) is 1.46. The first kappa shape index (κ1) is 19.7. The molecule has 2 N–H and O–H groups in total. The van der Waals surface area contributed by atoms with Crippen LogP contribution in [0.1, 0.15) is 30.9 Å². The molecule has 0 saturated carbocycles. The Hall–Kier alpha value is -2.09. The molecule has 0 unspecified atom stereocenters. The average molecular weight is 391 g/mol. The molecule has 0 amide bonds. The lowest BCUT2D eigenvalue weighted by atomic mass is 9.86. The van der Waals surface area contributed by atoms with Crippen LogP contribution in [0.15, 0.2) is 51.3 Å². The van der Waals surface area contributed by atoms with Crippen LogP contribution in [0, 0.1) is 5.82 Å². The van der Waals surface area contributed by atoms with E-state index in [0.29, 0.717) is 42.2 Å². The first-order valence-corrected chi connectivity index (χ1v) is 9.43. The summed E-state index contributed by atoms with van der Waals surface area (Å²) < 4.78 is 25.5. The molecule has 0 bridgehead atoms. The Kier molecular flexibility index (Phi) is 6.04. The monoisotopic (exact) mass is 391 g/mol. The number of nitrogens with zero attached hydrogens (tertiary/aromatic N) is 1. The summed E-state index contributed by atoms with van der Waals surface area (Å²) in [6.07, 6.45) is 1.35. The van der Waals surface area contributed by atoms with Gasteiger partial charge in [-0.15, -0.1) is 0 Å². The minimum absolute atomic E-state index is 0.00437. The number of aromatic hydroxyl groups is 1. The number of oxime groups is 1. The maximum Gasteiger partial charge on any atom is 0.125 e. The molecule has 1 aliphatic rings. The third-order valence-electron chi connectivity index (χ3n) is 4.83. The molecule has 0 radical (unpaired) electrons. The second-order valence-corrected chi connectivity index (χ2v) is 7.60. The topological polar surface area (TPSA) is 71.3 Å². The Morgan fingerprint density at radius 1 is 1.19 bits per heavy atom. The van der Waals surface area contributed by atoms with E-state index in [1.54, 1.807) is 32.2 Å². The Morgan fingerprint density at radius 2 is 1.93 bits per heavy atom. The van der Waals surface area contributed by atoms with Crippen LogP contribution in [0.2, 0.25) is 0 Å². The smallest absolute Gasteiger partial charge is 0.125 e. The molecule has 1 fully saturated rings. The number of rotatable bonds is 5. The van der Waals surface area contributed by atoms with Crippen LogP contribution in [0.25, 0.3) is 0 Å². The molecule has 2 aromatic carbocycles. The molecule has 144 valence electrons. The standard InChI is InChI=1S/C20H22FNO4S/c1-13(22-24)18-4-3-16(12-19(18)23)27-17-10-14(9-15(21)11-17)20(25-2)5-7-26-8-6-20/h3-4,9-12,23-24H,5-8H2,1-2H3/b22-13-. The molecule has 0 aromatic heterocycles. The van der Waals surface area contributed by atoms with Gasteiger partial charge in [0, 0.05) is 48.5 Å². The zero-order valence-corrected chi connectivity index (χ0v) is 16.1. The third kappa shape index (κ3) is 4.26. The van der Waals surface area contributed by atoms with Gasteiger partial charge in [-0.3, -0.25) is 0 Å². The van der Waals surface area contributed by atoms with Crippen LogP contribution in [-0.4, -0.2) is 36.3 Å². The number of benzene rings is 2. The van der Waals surface area contributed by atoms with Crippen LogP contribution in [-0.2, 0) is 15.1 Å². The average Bonchev–Trinajstić information content (AvgIpc) is 2.67. The minimum Gasteiger partial charge on any atom is -0.507 e. The van der Waals surface area contributed by atoms with Crippen molar-refractivity contribution in [3.8, 4) is 5.75 Å². The zero-order valence-electron chi connectivity index (χ0n) is 15.2. The number of hydrogen-bond acceptors (Lipinski definition) is 6. The largest absolute Gasteiger partial charge is 0.507 e. The number of halogens is 1. The quantitative estimate of drug-likeness (QED) is 0.445. The Morgan fingerprint density at radius 3 is 2.56 bits per heavy atom. The maximum atomic E-state index is 14.3. The number of phenolic OH excluding ortho intramolecular Hbond substituents is 1. The minimum atomic E-state index is -0.545. The van der Waals surface area contributed by atoms with Crippen molar-refractivity contribution < 1.29 is 24.2 Å². The van der Waals surface area contributed by atoms with Crippen LogP contribution in [0.5, 0.6) is 5.75 Å². The van der Waals surface area contributed by atoms with Gasteiger partial charge in [0.1, 0.15) is 11.6 Å². The van der Waals surface area contributed by atoms with E-state index < -0.39 is 5.60 Å². The Bertz CT molecular complexity index is 850. The molecular formula is C20H22FNO4S. The highest BCUT2D eigenvalue weighted by atomic mass is 32.2. The predicted octanol–water partition coefficient (Wildman–Crippen LogP) is 4.53. The van der Waals surface area contributed by atoms with Crippen LogP contribution < -0.4 is 0 Å². The highest BCUT2D eigenvalue weighted by molar-refractivity contribution is 7.99. The molecule has 0 spiro atoms. The van der Waals surface area contributed by atoms with Crippen LogP contribution >= 0.6 is 11.8 Å². The van der Waals surface area contributed by atoms with Gasteiger partial charge >= 0.3 is 0 Å². The van der Waals surface area contributed by atoms with Crippen molar-refractivity contribution in [3.63, 3.8) is 0 Å². The normalized spacial score (nSPS) is 17.1. The lowest BCUT2D eigenvalue weighted by molar-refractivity contribution is -0.0950. The summed E-state index contributed by atoms with van der Waals surface area (Å²) in [5.74, 6) is -0.327. The molecule has 2 aromatic rings. The fourth-order valence-electron chi connectivity index (χ4n) is 3.27. The second-order valence-electron chi connectivity index (χ2n) is 6.45. The fraction of sp³-hybridized carbons (Fsp3) is 0.350. The highest BCUT2D eigenvalue weighted by Crippen LogP contribution is 2.39. The van der Waals surface area contributed by atoms with Crippen LogP contribution in [0.4, 0.5) is 4.39 Å². The Labute approximate surface area is 161 Å². The molecule has 0 aliphatic carbocycles. The van der Waals surface area contributed by atoms with E-state index >= 15 is 0 Å². The van der Waals surface area contributed by atoms with E-state index in [0.717, 1.165) is 10.5 Å². The third-order valence-corrected chi connectivity index (χ3v) is 5.79. The molecular weight excluding hydrogens is 369 g/mol. The van der Waals surface area contributed by atoms with Crippen LogP contribution in [0.3, 0.4) is 0 Å². The second kappa shape index (κ2) is 8.29. The first-order valence-electron chi connectivity index (χ1n) is 8.61. The Balaban J connectivity index is 1.90. The van der Waals surface area contributed by atoms with E-state index in [1.165, 1.54) is 23.9 Å². The number of methoxy groups -OCH3 is 1. The molecule has 1 heterocycles. The van der Waals surface area contributed by atoms with Gasteiger partial charge in [0.25, 0.3) is 0 Å². The summed E-state index contributed by atoms with van der Waals surface area (Å²) in [5, 5.41) is 22.1. The number of ether oxygens (including phenoxy) is 2. The molecule has 1 aliphatic heterocycles. The van der Waals surface area contributed by atoms with Crippen molar-refractivity contribution in [1.29, 1.82) is 0 Å². The fourth-order valence-corrected chi connectivity index (χ4v) is 4.20. The summed E-state index contributed by atoms with van der Waals surface area (Å²) in [5.41, 5.74) is 1.01. The van der Waals surface area contributed by atoms with E-state index in [4.69, 9.17) is 14.7 Å². The van der Waals surface area contributed by atoms with Crippen molar-refractivity contribution in [2.24, 2.45) is 5.16 Å². The van der Waals surface area contributed by atoms with Gasteiger partial charge in [-0.1, -0.05) is 16.9 Å². The molecule has 27 heavy (non-hydrogen) atoms. The van der Waals surface area contributed by atoms with Gasteiger partial charge in [-0.2, -0.15) is 0 Å². The lowest BCUT2D eigenvalue weighted by Gasteiger charge is -2.36. The summed E-state index contributed by atoms with van der Waals surface area (Å²) in [6.45, 7) is 2.75. The molecule has 5 nitrogen and oxygen atoms in total. The summed E-state index contributed by atoms with van der Waals surface area (Å²) in [6, 6.07) is 9.93. The van der Waals surface area contributed by atoms with Crippen molar-refractivity contribution in [2.45, 2.75) is 35.2 Å². The van der Waals surface area contributed by atoms with Gasteiger partial charge in [0.05, 0.1) is 11.3 Å². The van der Waals surface area contributed by atoms with Gasteiger partial charge in [0.2, 0.25) is 0 Å². The van der Waals surface area contributed by atoms with Gasteiger partial charge in [0.15, 0.2) is 0 Å². The molecule has 7 heteroatoms. The van der Waals surface area contributed by atoms with Crippen molar-refractivity contribution in [3.05, 3.63) is 53.3 Å². The molecule has 3 rings (SSSR count). The first-order chi connectivity index (χ1) is 13.0. The van der Waals surface area contributed by atoms with Crippen molar-refractivity contribution >= 4 is 17.5 Å². The van der Waals surface area contributed by atoms with E-state index in [1.807, 2.05) is 6.07 Å². The van der Waals surface area contributed by atoms with E-state index in [-0.39, 0.29) is 11.6 Å². The zero-order chi connectivity index (χ0) is 19.4. The number of hydrogen-bond donors (Lipinski definition) is 2. The number of phenols is 1. The summed E-state index contributed by atoms with van der Waals surface area (Å²) >= 11 is 1.34. The SMILES string of the molecule is COC1(c2cc(F)cc(Sc3ccc(/C(C)=N\O)c(O)c3)c2)CCOCC1. The van der Waals surface area contributed by atoms with Gasteiger partial charge in [-0.05, 0) is 48.9 Å². The van der Waals surface area contributed by atoms with Gasteiger partial charge < -0.3 is 19.8 Å². The van der Waals surface area contributed by atoms with Crippen molar-refractivity contribution in [2.75, 3.05) is 20.3 Å². The maximum absolute atomic E-state index is 14.3. The molecule has 1 saturated heterocycles. The van der Waals surface area contributed by atoms with E-state index in [2.05, 4.69) is 5.16 Å². The highest BCUT2D eigenvalue weighted by Gasteiger charge is 2.35. The van der Waals surface area contributed by atoms with Crippen molar-refractivity contribution in [1.82, 2.24) is 0 Å². The molecule has 0 atom stereocenters. The predicted molar refractivity (Wildman–Crippen MR) is 101 cm³/mol. The summed E-state index contributed by atoms with van der Waals surface area (Å²) in [7, 11) is 1.64. The van der Waals surface area contributed by atoms with E-state index in [9.17, 15) is 9.50 Å². The van der Waals surface area contributed by atoms with Gasteiger partial charge in [-0.25, -0.2) is 4.39 Å². The lowest BCUT2D eigenvalue weighted by Crippen LogP contribution is -2.35.